The van der Waals surface area contributed by atoms with Gasteiger partial charge in [0.15, 0.2) is 0 Å². The number of hydrogen-bond acceptors (Lipinski definition) is 5. The fourth-order valence-corrected chi connectivity index (χ4v) is 13.1. The fourth-order valence-electron chi connectivity index (χ4n) is 13.1. The van der Waals surface area contributed by atoms with E-state index in [2.05, 4.69) is 280 Å². The lowest BCUT2D eigenvalue weighted by molar-refractivity contribution is 0.662. The Kier molecular flexibility index (Phi) is 11.1. The molecule has 0 aliphatic rings. The zero-order valence-electron chi connectivity index (χ0n) is 46.4. The van der Waals surface area contributed by atoms with Crippen molar-refractivity contribution in [2.24, 2.45) is 0 Å². The Bertz CT molecular complexity index is 5240. The highest BCUT2D eigenvalue weighted by Gasteiger charge is 2.26. The number of furan rings is 3. The molecule has 0 unspecified atom stereocenters. The van der Waals surface area contributed by atoms with E-state index in [4.69, 9.17) is 13.3 Å². The van der Waals surface area contributed by atoms with Crippen molar-refractivity contribution in [2.75, 3.05) is 9.80 Å². The molecule has 0 bridgehead atoms. The standard InChI is InChI=1S/C78H54N2O3/c1-47-18-13-19-48(2)75(47)79(59-28-15-26-53(38-59)51-22-7-5-8-23-51)61-36-34-55-42-67-70(44-57(55)40-61)81-72-46-66(65-32-17-31-64-63-30-11-12-33-69(63)82-77(64)65)78-74(73(67)72)68-43-56-35-37-62(41-58(56)45-71(68)83-78)80(76-49(3)20-14-21-50(76)4)60-29-16-27-54(39-60)52-24-9-6-10-25-52/h5-46H,1-4H3. The molecule has 5 heteroatoms. The topological polar surface area (TPSA) is 45.9 Å². The van der Waals surface area contributed by atoms with Gasteiger partial charge in [0, 0.05) is 66.2 Å². The zero-order valence-corrected chi connectivity index (χ0v) is 46.4. The van der Waals surface area contributed by atoms with Crippen LogP contribution in [0, 0.1) is 27.7 Å². The van der Waals surface area contributed by atoms with E-state index >= 15 is 0 Å². The first-order chi connectivity index (χ1) is 40.8. The minimum absolute atomic E-state index is 0.779. The van der Waals surface area contributed by atoms with Crippen LogP contribution < -0.4 is 9.80 Å². The van der Waals surface area contributed by atoms with E-state index < -0.39 is 0 Å². The van der Waals surface area contributed by atoms with Gasteiger partial charge in [-0.15, -0.1) is 0 Å². The van der Waals surface area contributed by atoms with Crippen molar-refractivity contribution >= 4 is 121 Å². The lowest BCUT2D eigenvalue weighted by atomic mass is 9.95. The molecule has 0 aliphatic carbocycles. The molecule has 16 aromatic rings. The van der Waals surface area contributed by atoms with Crippen molar-refractivity contribution in [1.82, 2.24) is 0 Å². The van der Waals surface area contributed by atoms with Gasteiger partial charge in [-0.25, -0.2) is 0 Å². The maximum absolute atomic E-state index is 7.34. The molecule has 0 fully saturated rings. The molecule has 0 atom stereocenters. The molecule has 0 radical (unpaired) electrons. The summed E-state index contributed by atoms with van der Waals surface area (Å²) in [6.07, 6.45) is 0. The van der Waals surface area contributed by atoms with Gasteiger partial charge in [0.2, 0.25) is 0 Å². The first-order valence-electron chi connectivity index (χ1n) is 28.5. The Morgan fingerprint density at radius 1 is 0.253 bits per heavy atom. The highest BCUT2D eigenvalue weighted by atomic mass is 16.3. The second-order valence-electron chi connectivity index (χ2n) is 22.2. The highest BCUT2D eigenvalue weighted by Crippen LogP contribution is 2.50. The minimum atomic E-state index is 0.779. The van der Waals surface area contributed by atoms with E-state index in [1.54, 1.807) is 0 Å². The van der Waals surface area contributed by atoms with Crippen molar-refractivity contribution in [1.29, 1.82) is 0 Å². The molecule has 0 saturated carbocycles. The van der Waals surface area contributed by atoms with Crippen molar-refractivity contribution in [3.05, 3.63) is 277 Å². The predicted octanol–water partition coefficient (Wildman–Crippen LogP) is 22.9. The third kappa shape index (κ3) is 7.91. The molecule has 83 heavy (non-hydrogen) atoms. The van der Waals surface area contributed by atoms with Crippen LogP contribution in [-0.4, -0.2) is 0 Å². The summed E-state index contributed by atoms with van der Waals surface area (Å²) in [6.45, 7) is 8.81. The largest absolute Gasteiger partial charge is 0.456 e. The summed E-state index contributed by atoms with van der Waals surface area (Å²) >= 11 is 0. The Morgan fingerprint density at radius 3 is 1.29 bits per heavy atom. The molecular formula is C78H54N2O3. The van der Waals surface area contributed by atoms with Crippen LogP contribution in [0.2, 0.25) is 0 Å². The molecule has 0 saturated heterocycles. The number of nitrogens with zero attached hydrogens (tertiary/aromatic N) is 2. The molecule has 13 aromatic carbocycles. The smallest absolute Gasteiger partial charge is 0.144 e. The van der Waals surface area contributed by atoms with Gasteiger partial charge in [-0.3, -0.25) is 0 Å². The summed E-state index contributed by atoms with van der Waals surface area (Å²) in [5.41, 5.74) is 22.8. The van der Waals surface area contributed by atoms with Crippen molar-refractivity contribution in [2.45, 2.75) is 27.7 Å². The van der Waals surface area contributed by atoms with Crippen LogP contribution in [-0.2, 0) is 0 Å². The van der Waals surface area contributed by atoms with E-state index in [9.17, 15) is 0 Å². The molecular weight excluding hydrogens is 1010 g/mol. The van der Waals surface area contributed by atoms with Crippen LogP contribution in [0.4, 0.5) is 34.1 Å². The average Bonchev–Trinajstić information content (AvgIpc) is 2.22. The van der Waals surface area contributed by atoms with E-state index in [1.165, 1.54) is 39.1 Å². The first kappa shape index (κ1) is 48.3. The quantitative estimate of drug-likeness (QED) is 0.144. The summed E-state index contributed by atoms with van der Waals surface area (Å²) in [7, 11) is 0. The van der Waals surface area contributed by atoms with E-state index in [-0.39, 0.29) is 0 Å². The van der Waals surface area contributed by atoms with E-state index in [0.717, 1.165) is 138 Å². The van der Waals surface area contributed by atoms with E-state index in [1.807, 2.05) is 12.1 Å². The summed E-state index contributed by atoms with van der Waals surface area (Å²) in [4.78, 5) is 4.81. The van der Waals surface area contributed by atoms with Gasteiger partial charge >= 0.3 is 0 Å². The number of rotatable bonds is 9. The highest BCUT2D eigenvalue weighted by molar-refractivity contribution is 6.31. The van der Waals surface area contributed by atoms with Gasteiger partial charge in [-0.05, 0) is 179 Å². The fraction of sp³-hybridized carbons (Fsp3) is 0.0513. The van der Waals surface area contributed by atoms with Crippen molar-refractivity contribution < 1.29 is 13.3 Å². The van der Waals surface area contributed by atoms with E-state index in [0.29, 0.717) is 0 Å². The molecule has 0 aliphatic heterocycles. The number of benzene rings is 13. The molecule has 0 amide bonds. The number of fused-ring (bicyclic) bond motifs is 12. The maximum Gasteiger partial charge on any atom is 0.144 e. The van der Waals surface area contributed by atoms with Crippen LogP contribution in [0.1, 0.15) is 22.3 Å². The van der Waals surface area contributed by atoms with Gasteiger partial charge in [0.05, 0.1) is 11.4 Å². The summed E-state index contributed by atoms with van der Waals surface area (Å²) < 4.78 is 21.3. The molecule has 3 heterocycles. The number of anilines is 6. The van der Waals surface area contributed by atoms with Gasteiger partial charge in [-0.2, -0.15) is 0 Å². The average molecular weight is 1070 g/mol. The number of hydrogen-bond donors (Lipinski definition) is 0. The summed E-state index contributed by atoms with van der Waals surface area (Å²) in [5.74, 6) is 0. The number of para-hydroxylation sites is 4. The Labute approximate surface area is 480 Å². The Hall–Kier alpha value is -10.6. The van der Waals surface area contributed by atoms with Gasteiger partial charge in [0.25, 0.3) is 0 Å². The first-order valence-corrected chi connectivity index (χ1v) is 28.5. The molecule has 16 rings (SSSR count). The second kappa shape index (κ2) is 19.0. The second-order valence-corrected chi connectivity index (χ2v) is 22.2. The molecule has 0 spiro atoms. The normalized spacial score (nSPS) is 11.9. The van der Waals surface area contributed by atoms with Gasteiger partial charge in [0.1, 0.15) is 33.5 Å². The monoisotopic (exact) mass is 1070 g/mol. The van der Waals surface area contributed by atoms with Crippen LogP contribution in [0.5, 0.6) is 0 Å². The van der Waals surface area contributed by atoms with Gasteiger partial charge in [-0.1, -0.05) is 170 Å². The zero-order chi connectivity index (χ0) is 55.4. The summed E-state index contributed by atoms with van der Waals surface area (Å²) in [6, 6.07) is 91.6. The molecule has 394 valence electrons. The van der Waals surface area contributed by atoms with Crippen LogP contribution >= 0.6 is 0 Å². The summed E-state index contributed by atoms with van der Waals surface area (Å²) in [5, 5.41) is 10.6. The van der Waals surface area contributed by atoms with Crippen LogP contribution in [0.15, 0.2) is 268 Å². The third-order valence-corrected chi connectivity index (χ3v) is 17.0. The minimum Gasteiger partial charge on any atom is -0.456 e. The maximum atomic E-state index is 7.34. The molecule has 0 N–H and O–H groups in total. The van der Waals surface area contributed by atoms with Crippen LogP contribution in [0.25, 0.3) is 121 Å². The molecule has 5 nitrogen and oxygen atoms in total. The lowest BCUT2D eigenvalue weighted by Crippen LogP contribution is -2.13. The van der Waals surface area contributed by atoms with Crippen molar-refractivity contribution in [3.8, 4) is 33.4 Å². The van der Waals surface area contributed by atoms with Gasteiger partial charge < -0.3 is 23.1 Å². The predicted molar refractivity (Wildman–Crippen MR) is 348 cm³/mol. The Balaban J connectivity index is 0.906. The van der Waals surface area contributed by atoms with Crippen LogP contribution in [0.3, 0.4) is 0 Å². The Morgan fingerprint density at radius 2 is 0.711 bits per heavy atom. The van der Waals surface area contributed by atoms with Crippen molar-refractivity contribution in [3.63, 3.8) is 0 Å². The SMILES string of the molecule is Cc1cccc(C)c1N(c1cccc(-c2ccccc2)c1)c1ccc2cc3c(cc2c1)oc1cc(-c2cccc4c2oc2ccccc24)c2oc4cc5cc(N(c6cccc(-c7ccccc7)c6)c6c(C)cccc6C)ccc5cc4c2c13. The number of aryl methyl sites for hydroxylation is 4. The molecule has 3 aromatic heterocycles. The lowest BCUT2D eigenvalue weighted by Gasteiger charge is -2.29. The third-order valence-electron chi connectivity index (χ3n) is 17.0.